The fourth-order valence-corrected chi connectivity index (χ4v) is 3.45. The summed E-state index contributed by atoms with van der Waals surface area (Å²) in [6.07, 6.45) is 1.04. The molecule has 1 rings (SSSR count). The van der Waals surface area contributed by atoms with Crippen LogP contribution in [0.5, 0.6) is 0 Å². The second-order valence-electron chi connectivity index (χ2n) is 3.23. The Morgan fingerprint density at radius 1 is 1.58 bits per heavy atom. The minimum absolute atomic E-state index is 0.166. The van der Waals surface area contributed by atoms with Crippen LogP contribution in [0.2, 0.25) is 0 Å². The van der Waals surface area contributed by atoms with E-state index in [9.17, 15) is 0 Å². The van der Waals surface area contributed by atoms with Gasteiger partial charge in [-0.15, -0.1) is 22.9 Å². The fourth-order valence-electron chi connectivity index (χ4n) is 1.05. The fraction of sp³-hybridized carbons (Fsp3) is 0.556. The monoisotopic (exact) mass is 266 g/mol. The van der Waals surface area contributed by atoms with Crippen molar-refractivity contribution in [1.82, 2.24) is 0 Å². The van der Waals surface area contributed by atoms with E-state index in [1.807, 2.05) is 0 Å². The van der Waals surface area contributed by atoms with E-state index in [1.165, 1.54) is 4.88 Å². The van der Waals surface area contributed by atoms with E-state index in [1.54, 1.807) is 11.3 Å². The lowest BCUT2D eigenvalue weighted by atomic mass is 10.1. The van der Waals surface area contributed by atoms with Crippen molar-refractivity contribution in [3.05, 3.63) is 20.8 Å². The number of halogens is 2. The maximum atomic E-state index is 6.23. The highest BCUT2D eigenvalue weighted by Crippen LogP contribution is 2.36. The third-order valence-corrected chi connectivity index (χ3v) is 4.12. The normalized spacial score (nSPS) is 13.8. The zero-order valence-electron chi connectivity index (χ0n) is 7.18. The molecule has 1 aromatic heterocycles. The number of hydrogen-bond acceptors (Lipinski definition) is 1. The lowest BCUT2D eigenvalue weighted by molar-refractivity contribution is 0.578. The average molecular weight is 268 g/mol. The molecule has 1 aromatic rings. The van der Waals surface area contributed by atoms with Crippen molar-refractivity contribution in [3.63, 3.8) is 0 Å². The topological polar surface area (TPSA) is 0 Å². The van der Waals surface area contributed by atoms with Crippen LogP contribution in [0.4, 0.5) is 0 Å². The Morgan fingerprint density at radius 2 is 2.25 bits per heavy atom. The molecule has 12 heavy (non-hydrogen) atoms. The molecule has 1 atom stereocenters. The van der Waals surface area contributed by atoms with E-state index in [-0.39, 0.29) is 5.38 Å². The molecule has 0 aliphatic carbocycles. The van der Waals surface area contributed by atoms with Crippen molar-refractivity contribution < 1.29 is 0 Å². The highest BCUT2D eigenvalue weighted by Gasteiger charge is 2.13. The molecule has 0 spiro atoms. The zero-order valence-corrected chi connectivity index (χ0v) is 10.3. The smallest absolute Gasteiger partial charge is 0.0692 e. The number of alkyl halides is 1. The Bertz CT molecular complexity index is 244. The van der Waals surface area contributed by atoms with Crippen molar-refractivity contribution in [2.24, 2.45) is 5.92 Å². The van der Waals surface area contributed by atoms with Crippen LogP contribution in [0.15, 0.2) is 15.9 Å². The SMILES string of the molecule is CC(C)CC(Cl)c1sccc1Br. The van der Waals surface area contributed by atoms with Crippen LogP contribution < -0.4 is 0 Å². The van der Waals surface area contributed by atoms with Gasteiger partial charge in [0.2, 0.25) is 0 Å². The molecule has 0 aromatic carbocycles. The summed E-state index contributed by atoms with van der Waals surface area (Å²) < 4.78 is 1.15. The summed E-state index contributed by atoms with van der Waals surface area (Å²) in [6, 6.07) is 2.05. The van der Waals surface area contributed by atoms with Gasteiger partial charge >= 0.3 is 0 Å². The van der Waals surface area contributed by atoms with Crippen LogP contribution >= 0.6 is 38.9 Å². The third-order valence-electron chi connectivity index (χ3n) is 1.61. The Kier molecular flexibility index (Phi) is 4.08. The van der Waals surface area contributed by atoms with Gasteiger partial charge < -0.3 is 0 Å². The van der Waals surface area contributed by atoms with E-state index in [0.29, 0.717) is 5.92 Å². The van der Waals surface area contributed by atoms with Gasteiger partial charge in [0.05, 0.1) is 5.38 Å². The molecule has 3 heteroatoms. The summed E-state index contributed by atoms with van der Waals surface area (Å²) in [5.41, 5.74) is 0. The molecule has 0 aliphatic rings. The van der Waals surface area contributed by atoms with E-state index in [4.69, 9.17) is 11.6 Å². The molecular weight excluding hydrogens is 256 g/mol. The van der Waals surface area contributed by atoms with E-state index in [2.05, 4.69) is 41.2 Å². The second kappa shape index (κ2) is 4.64. The zero-order chi connectivity index (χ0) is 9.14. The van der Waals surface area contributed by atoms with Crippen LogP contribution in [0, 0.1) is 5.92 Å². The summed E-state index contributed by atoms with van der Waals surface area (Å²) >= 11 is 11.4. The molecule has 0 bridgehead atoms. The van der Waals surface area contributed by atoms with Crippen LogP contribution in [-0.2, 0) is 0 Å². The van der Waals surface area contributed by atoms with Crippen molar-refractivity contribution in [3.8, 4) is 0 Å². The van der Waals surface area contributed by atoms with Gasteiger partial charge in [0.15, 0.2) is 0 Å². The summed E-state index contributed by atoms with van der Waals surface area (Å²) in [5.74, 6) is 0.654. The molecule has 0 N–H and O–H groups in total. The first-order valence-electron chi connectivity index (χ1n) is 3.98. The molecule has 0 saturated heterocycles. The van der Waals surface area contributed by atoms with Gasteiger partial charge in [-0.25, -0.2) is 0 Å². The highest BCUT2D eigenvalue weighted by molar-refractivity contribution is 9.10. The summed E-state index contributed by atoms with van der Waals surface area (Å²) in [7, 11) is 0. The van der Waals surface area contributed by atoms with Crippen molar-refractivity contribution in [1.29, 1.82) is 0 Å². The summed E-state index contributed by atoms with van der Waals surface area (Å²) in [4.78, 5) is 1.25. The van der Waals surface area contributed by atoms with Gasteiger partial charge in [-0.2, -0.15) is 0 Å². The van der Waals surface area contributed by atoms with Crippen molar-refractivity contribution in [2.45, 2.75) is 25.6 Å². The molecule has 0 nitrogen and oxygen atoms in total. The van der Waals surface area contributed by atoms with E-state index >= 15 is 0 Å². The lowest BCUT2D eigenvalue weighted by Gasteiger charge is -2.10. The standard InChI is InChI=1S/C9H12BrClS/c1-6(2)5-8(11)9-7(10)3-4-12-9/h3-4,6,8H,5H2,1-2H3. The molecule has 0 fully saturated rings. The minimum Gasteiger partial charge on any atom is -0.146 e. The first-order valence-corrected chi connectivity index (χ1v) is 6.09. The van der Waals surface area contributed by atoms with Crippen LogP contribution in [0.1, 0.15) is 30.5 Å². The largest absolute Gasteiger partial charge is 0.146 e. The van der Waals surface area contributed by atoms with E-state index < -0.39 is 0 Å². The quantitative estimate of drug-likeness (QED) is 0.688. The van der Waals surface area contributed by atoms with Crippen LogP contribution in [0.3, 0.4) is 0 Å². The number of hydrogen-bond donors (Lipinski definition) is 0. The first kappa shape index (κ1) is 10.6. The number of rotatable bonds is 3. The van der Waals surface area contributed by atoms with Gasteiger partial charge in [-0.05, 0) is 39.7 Å². The first-order chi connectivity index (χ1) is 5.61. The van der Waals surface area contributed by atoms with Crippen molar-refractivity contribution in [2.75, 3.05) is 0 Å². The Morgan fingerprint density at radius 3 is 2.67 bits per heavy atom. The van der Waals surface area contributed by atoms with Gasteiger partial charge in [-0.1, -0.05) is 13.8 Å². The number of thiophene rings is 1. The minimum atomic E-state index is 0.166. The van der Waals surface area contributed by atoms with Gasteiger partial charge in [0, 0.05) is 9.35 Å². The van der Waals surface area contributed by atoms with Crippen LogP contribution in [-0.4, -0.2) is 0 Å². The maximum Gasteiger partial charge on any atom is 0.0692 e. The van der Waals surface area contributed by atoms with E-state index in [0.717, 1.165) is 10.9 Å². The predicted octanol–water partition coefficient (Wildman–Crippen LogP) is 4.84. The Labute approximate surface area is 91.1 Å². The molecule has 0 saturated carbocycles. The third kappa shape index (κ3) is 2.75. The predicted molar refractivity (Wildman–Crippen MR) is 60.1 cm³/mol. The molecule has 0 aliphatic heterocycles. The molecule has 1 heterocycles. The Balaban J connectivity index is 2.65. The summed E-state index contributed by atoms with van der Waals surface area (Å²) in [5, 5.41) is 2.23. The van der Waals surface area contributed by atoms with Gasteiger partial charge in [0.1, 0.15) is 0 Å². The van der Waals surface area contributed by atoms with Gasteiger partial charge in [-0.3, -0.25) is 0 Å². The molecule has 68 valence electrons. The van der Waals surface area contributed by atoms with Gasteiger partial charge in [0.25, 0.3) is 0 Å². The molecule has 0 amide bonds. The summed E-state index contributed by atoms with van der Waals surface area (Å²) in [6.45, 7) is 4.38. The lowest BCUT2D eigenvalue weighted by Crippen LogP contribution is -1.94. The Hall–Kier alpha value is 0.470. The maximum absolute atomic E-state index is 6.23. The molecule has 0 radical (unpaired) electrons. The molecular formula is C9H12BrClS. The van der Waals surface area contributed by atoms with Crippen molar-refractivity contribution >= 4 is 38.9 Å². The van der Waals surface area contributed by atoms with Crippen LogP contribution in [0.25, 0.3) is 0 Å². The molecule has 1 unspecified atom stereocenters. The second-order valence-corrected chi connectivity index (χ2v) is 5.56. The average Bonchev–Trinajstić information content (AvgIpc) is 2.33. The highest BCUT2D eigenvalue weighted by atomic mass is 79.9.